The van der Waals surface area contributed by atoms with Crippen molar-refractivity contribution in [3.63, 3.8) is 0 Å². The van der Waals surface area contributed by atoms with E-state index in [0.717, 1.165) is 36.8 Å². The number of ether oxygens (including phenoxy) is 1. The number of phenols is 1. The molecule has 4 rings (SSSR count). The van der Waals surface area contributed by atoms with E-state index in [2.05, 4.69) is 18.2 Å². The molecule has 1 heterocycles. The number of nitrogens with two attached hydrogens (primary N) is 1. The third kappa shape index (κ3) is 3.42. The highest BCUT2D eigenvalue weighted by atomic mass is 16.6. The number of fused-ring (bicyclic) bond motifs is 3. The third-order valence-corrected chi connectivity index (χ3v) is 5.74. The van der Waals surface area contributed by atoms with E-state index in [1.54, 1.807) is 12.1 Å². The molecular formula is C22H24N2O3. The van der Waals surface area contributed by atoms with Crippen molar-refractivity contribution in [2.24, 2.45) is 11.7 Å². The SMILES string of the molecule is N=C(N)CCCC[C@H]1C(=O)O[C@H]2Cc3cc(-c4ccc(O)cc4)ccc3[C@@H]21. The van der Waals surface area contributed by atoms with Crippen molar-refractivity contribution in [3.8, 4) is 16.9 Å². The topological polar surface area (TPSA) is 96.4 Å². The number of phenolic OH excluding ortho intramolecular Hbond substituents is 1. The summed E-state index contributed by atoms with van der Waals surface area (Å²) in [5.41, 5.74) is 10.1. The molecule has 3 atom stereocenters. The summed E-state index contributed by atoms with van der Waals surface area (Å²) in [5, 5.41) is 16.8. The van der Waals surface area contributed by atoms with Crippen molar-refractivity contribution in [2.75, 3.05) is 0 Å². The van der Waals surface area contributed by atoms with E-state index in [-0.39, 0.29) is 35.5 Å². The van der Waals surface area contributed by atoms with E-state index in [4.69, 9.17) is 15.9 Å². The molecule has 0 saturated carbocycles. The van der Waals surface area contributed by atoms with Crippen LogP contribution in [0.5, 0.6) is 5.75 Å². The summed E-state index contributed by atoms with van der Waals surface area (Å²) in [5.74, 6) is 0.423. The number of unbranched alkanes of at least 4 members (excludes halogenated alkanes) is 1. The molecule has 1 fully saturated rings. The van der Waals surface area contributed by atoms with Crippen LogP contribution in [0.25, 0.3) is 11.1 Å². The van der Waals surface area contributed by atoms with Gasteiger partial charge in [0.15, 0.2) is 0 Å². The Balaban J connectivity index is 1.52. The van der Waals surface area contributed by atoms with Crippen molar-refractivity contribution < 1.29 is 14.6 Å². The maximum absolute atomic E-state index is 12.3. The lowest BCUT2D eigenvalue weighted by Gasteiger charge is -2.16. The van der Waals surface area contributed by atoms with Crippen molar-refractivity contribution in [1.82, 2.24) is 0 Å². The number of hydrogen-bond donors (Lipinski definition) is 3. The van der Waals surface area contributed by atoms with E-state index in [1.807, 2.05) is 12.1 Å². The molecule has 1 aliphatic heterocycles. The molecule has 1 saturated heterocycles. The first-order valence-corrected chi connectivity index (χ1v) is 9.48. The zero-order chi connectivity index (χ0) is 19.0. The minimum Gasteiger partial charge on any atom is -0.508 e. The largest absolute Gasteiger partial charge is 0.508 e. The van der Waals surface area contributed by atoms with Crippen molar-refractivity contribution in [1.29, 1.82) is 5.41 Å². The molecule has 2 aromatic rings. The van der Waals surface area contributed by atoms with Gasteiger partial charge in [-0.15, -0.1) is 0 Å². The zero-order valence-corrected chi connectivity index (χ0v) is 15.2. The van der Waals surface area contributed by atoms with Crippen LogP contribution in [-0.2, 0) is 16.0 Å². The Morgan fingerprint density at radius 1 is 1.15 bits per heavy atom. The Labute approximate surface area is 158 Å². The number of esters is 1. The molecule has 2 aromatic carbocycles. The van der Waals surface area contributed by atoms with Gasteiger partial charge in [0.2, 0.25) is 0 Å². The second-order valence-corrected chi connectivity index (χ2v) is 7.54. The average Bonchev–Trinajstić information content (AvgIpc) is 3.13. The first-order chi connectivity index (χ1) is 13.0. The quantitative estimate of drug-likeness (QED) is 0.315. The second-order valence-electron chi connectivity index (χ2n) is 7.54. The van der Waals surface area contributed by atoms with E-state index in [9.17, 15) is 9.90 Å². The van der Waals surface area contributed by atoms with Gasteiger partial charge in [0.1, 0.15) is 11.9 Å². The van der Waals surface area contributed by atoms with E-state index < -0.39 is 0 Å². The summed E-state index contributed by atoms with van der Waals surface area (Å²) in [6.45, 7) is 0. The lowest BCUT2D eigenvalue weighted by Crippen LogP contribution is -2.15. The molecule has 0 unspecified atom stereocenters. The first kappa shape index (κ1) is 17.6. The van der Waals surface area contributed by atoms with Gasteiger partial charge in [-0.2, -0.15) is 0 Å². The van der Waals surface area contributed by atoms with Crippen LogP contribution >= 0.6 is 0 Å². The number of benzene rings is 2. The molecule has 27 heavy (non-hydrogen) atoms. The first-order valence-electron chi connectivity index (χ1n) is 9.48. The lowest BCUT2D eigenvalue weighted by atomic mass is 9.84. The Kier molecular flexibility index (Phi) is 4.60. The summed E-state index contributed by atoms with van der Waals surface area (Å²) >= 11 is 0. The second kappa shape index (κ2) is 7.06. The van der Waals surface area contributed by atoms with Gasteiger partial charge in [-0.05, 0) is 47.2 Å². The highest BCUT2D eigenvalue weighted by molar-refractivity contribution is 5.78. The molecule has 4 N–H and O–H groups in total. The highest BCUT2D eigenvalue weighted by Gasteiger charge is 2.49. The predicted octanol–water partition coefficient (Wildman–Crippen LogP) is 3.74. The van der Waals surface area contributed by atoms with E-state index >= 15 is 0 Å². The van der Waals surface area contributed by atoms with Gasteiger partial charge in [0.05, 0.1) is 11.8 Å². The molecule has 0 spiro atoms. The highest BCUT2D eigenvalue weighted by Crippen LogP contribution is 2.48. The van der Waals surface area contributed by atoms with Crippen LogP contribution in [0.4, 0.5) is 0 Å². The summed E-state index contributed by atoms with van der Waals surface area (Å²) < 4.78 is 5.68. The van der Waals surface area contributed by atoms with Crippen LogP contribution in [0.2, 0.25) is 0 Å². The van der Waals surface area contributed by atoms with Gasteiger partial charge < -0.3 is 15.6 Å². The van der Waals surface area contributed by atoms with Crippen molar-refractivity contribution in [3.05, 3.63) is 53.6 Å². The van der Waals surface area contributed by atoms with Crippen molar-refractivity contribution in [2.45, 2.75) is 44.1 Å². The molecule has 5 heteroatoms. The smallest absolute Gasteiger partial charge is 0.310 e. The predicted molar refractivity (Wildman–Crippen MR) is 104 cm³/mol. The molecule has 5 nitrogen and oxygen atoms in total. The minimum absolute atomic E-state index is 0.0552. The standard InChI is InChI=1S/C22H24N2O3/c23-20(24)4-2-1-3-18-21-17-10-7-14(13-5-8-16(25)9-6-13)11-15(17)12-19(21)27-22(18)26/h5-11,18-19,21,25H,1-4,12H2,(H3,23,24)/t18-,19+,21-/m1/s1. The monoisotopic (exact) mass is 364 g/mol. The molecular weight excluding hydrogens is 340 g/mol. The third-order valence-electron chi connectivity index (χ3n) is 5.74. The zero-order valence-electron chi connectivity index (χ0n) is 15.2. The molecule has 2 aliphatic rings. The summed E-state index contributed by atoms with van der Waals surface area (Å²) in [7, 11) is 0. The number of amidine groups is 1. The normalized spacial score (nSPS) is 23.0. The molecule has 140 valence electrons. The number of rotatable bonds is 6. The van der Waals surface area contributed by atoms with Crippen LogP contribution in [0.3, 0.4) is 0 Å². The average molecular weight is 364 g/mol. The van der Waals surface area contributed by atoms with Crippen LogP contribution in [0.1, 0.15) is 42.7 Å². The maximum Gasteiger partial charge on any atom is 0.310 e. The summed E-state index contributed by atoms with van der Waals surface area (Å²) in [6.07, 6.45) is 3.80. The Morgan fingerprint density at radius 3 is 2.63 bits per heavy atom. The van der Waals surface area contributed by atoms with E-state index in [0.29, 0.717) is 6.42 Å². The number of carbonyl (C=O) groups is 1. The number of carbonyl (C=O) groups excluding carboxylic acids is 1. The van der Waals surface area contributed by atoms with Gasteiger partial charge in [-0.3, -0.25) is 10.2 Å². The Hall–Kier alpha value is -2.82. The van der Waals surface area contributed by atoms with Gasteiger partial charge in [-0.1, -0.05) is 36.8 Å². The van der Waals surface area contributed by atoms with E-state index in [1.165, 1.54) is 11.1 Å². The Morgan fingerprint density at radius 2 is 1.89 bits per heavy atom. The fourth-order valence-electron chi connectivity index (χ4n) is 4.44. The number of aromatic hydroxyl groups is 1. The summed E-state index contributed by atoms with van der Waals surface area (Å²) in [4.78, 5) is 12.3. The number of nitrogens with one attached hydrogen (secondary N) is 1. The molecule has 0 bridgehead atoms. The lowest BCUT2D eigenvalue weighted by molar-refractivity contribution is -0.144. The van der Waals surface area contributed by atoms with Gasteiger partial charge >= 0.3 is 5.97 Å². The van der Waals surface area contributed by atoms with Crippen molar-refractivity contribution >= 4 is 11.8 Å². The van der Waals surface area contributed by atoms with Crippen LogP contribution in [0.15, 0.2) is 42.5 Å². The fraction of sp³-hybridized carbons (Fsp3) is 0.364. The molecule has 0 radical (unpaired) electrons. The Bertz CT molecular complexity index is 876. The van der Waals surface area contributed by atoms with Crippen LogP contribution < -0.4 is 5.73 Å². The van der Waals surface area contributed by atoms with Crippen LogP contribution in [0, 0.1) is 11.3 Å². The van der Waals surface area contributed by atoms with Gasteiger partial charge in [0.25, 0.3) is 0 Å². The van der Waals surface area contributed by atoms with Gasteiger partial charge in [-0.25, -0.2) is 0 Å². The minimum atomic E-state index is -0.0947. The maximum atomic E-state index is 12.3. The van der Waals surface area contributed by atoms with Gasteiger partial charge in [0, 0.05) is 18.8 Å². The summed E-state index contributed by atoms with van der Waals surface area (Å²) in [6, 6.07) is 13.6. The molecule has 1 aliphatic carbocycles. The molecule has 0 aromatic heterocycles. The fourth-order valence-corrected chi connectivity index (χ4v) is 4.44. The van der Waals surface area contributed by atoms with Crippen LogP contribution in [-0.4, -0.2) is 23.0 Å². The molecule has 0 amide bonds. The number of hydrogen-bond acceptors (Lipinski definition) is 4.